The van der Waals surface area contributed by atoms with Gasteiger partial charge in [0.1, 0.15) is 17.2 Å². The number of nitrogens with one attached hydrogen (secondary N) is 1. The Hall–Kier alpha value is -0.810. The highest BCUT2D eigenvalue weighted by Crippen LogP contribution is 2.26. The quantitative estimate of drug-likeness (QED) is 0.587. The van der Waals surface area contributed by atoms with Crippen LogP contribution in [0.15, 0.2) is 11.4 Å². The van der Waals surface area contributed by atoms with E-state index >= 15 is 0 Å². The van der Waals surface area contributed by atoms with Gasteiger partial charge >= 0.3 is 0 Å². The molecule has 1 aromatic heterocycles. The number of aliphatic hydroxyl groups is 1. The molecule has 0 bridgehead atoms. The SMILES string of the molecule is CCc1c(NC)ncnc1SCC(C)CO. The van der Waals surface area contributed by atoms with Crippen LogP contribution in [-0.2, 0) is 6.42 Å². The van der Waals surface area contributed by atoms with Gasteiger partial charge in [0.2, 0.25) is 0 Å². The predicted molar refractivity (Wildman–Crippen MR) is 67.9 cm³/mol. The van der Waals surface area contributed by atoms with Crippen molar-refractivity contribution in [2.75, 3.05) is 24.7 Å². The first-order chi connectivity index (χ1) is 7.72. The zero-order valence-corrected chi connectivity index (χ0v) is 10.8. The molecule has 0 aliphatic heterocycles. The van der Waals surface area contributed by atoms with Gasteiger partial charge in [0.15, 0.2) is 0 Å². The molecule has 1 heterocycles. The topological polar surface area (TPSA) is 58.0 Å². The molecule has 0 aromatic carbocycles. The Balaban J connectivity index is 2.78. The van der Waals surface area contributed by atoms with Gasteiger partial charge in [-0.15, -0.1) is 11.8 Å². The molecule has 1 atom stereocenters. The summed E-state index contributed by atoms with van der Waals surface area (Å²) in [6.07, 6.45) is 2.49. The van der Waals surface area contributed by atoms with Gasteiger partial charge in [-0.25, -0.2) is 9.97 Å². The van der Waals surface area contributed by atoms with Crippen molar-refractivity contribution in [3.63, 3.8) is 0 Å². The second kappa shape index (κ2) is 6.70. The third-order valence-corrected chi connectivity index (χ3v) is 3.67. The van der Waals surface area contributed by atoms with Crippen molar-refractivity contribution in [3.05, 3.63) is 11.9 Å². The third kappa shape index (κ3) is 3.35. The molecule has 0 aliphatic carbocycles. The second-order valence-electron chi connectivity index (χ2n) is 3.71. The fourth-order valence-electron chi connectivity index (χ4n) is 1.33. The maximum absolute atomic E-state index is 8.98. The molecule has 0 radical (unpaired) electrons. The molecule has 5 heteroatoms. The molecule has 4 nitrogen and oxygen atoms in total. The first-order valence-electron chi connectivity index (χ1n) is 5.48. The number of aliphatic hydroxyl groups excluding tert-OH is 1. The lowest BCUT2D eigenvalue weighted by atomic mass is 10.2. The largest absolute Gasteiger partial charge is 0.396 e. The first kappa shape index (κ1) is 13.3. The maximum atomic E-state index is 8.98. The summed E-state index contributed by atoms with van der Waals surface area (Å²) in [5.41, 5.74) is 1.15. The lowest BCUT2D eigenvalue weighted by Gasteiger charge is -2.12. The van der Waals surface area contributed by atoms with E-state index in [1.54, 1.807) is 18.1 Å². The standard InChI is InChI=1S/C11H19N3OS/c1-4-9-10(12-3)13-7-14-11(9)16-6-8(2)5-15/h7-8,15H,4-6H2,1-3H3,(H,12,13,14). The Bertz CT molecular complexity index is 333. The molecule has 0 fully saturated rings. The summed E-state index contributed by atoms with van der Waals surface area (Å²) in [6.45, 7) is 4.34. The van der Waals surface area contributed by atoms with Crippen molar-refractivity contribution < 1.29 is 5.11 Å². The van der Waals surface area contributed by atoms with Crippen molar-refractivity contribution in [1.82, 2.24) is 9.97 Å². The lowest BCUT2D eigenvalue weighted by Crippen LogP contribution is -2.06. The summed E-state index contributed by atoms with van der Waals surface area (Å²) in [5.74, 6) is 2.07. The van der Waals surface area contributed by atoms with E-state index in [0.29, 0.717) is 5.92 Å². The van der Waals surface area contributed by atoms with Crippen molar-refractivity contribution in [1.29, 1.82) is 0 Å². The molecule has 90 valence electrons. The molecule has 0 spiro atoms. The van der Waals surface area contributed by atoms with Gasteiger partial charge in [0.25, 0.3) is 0 Å². The van der Waals surface area contributed by atoms with Crippen LogP contribution in [0.3, 0.4) is 0 Å². The monoisotopic (exact) mass is 241 g/mol. The summed E-state index contributed by atoms with van der Waals surface area (Å²) < 4.78 is 0. The van der Waals surface area contributed by atoms with Crippen LogP contribution in [0.5, 0.6) is 0 Å². The fourth-order valence-corrected chi connectivity index (χ4v) is 2.41. The van der Waals surface area contributed by atoms with Crippen LogP contribution in [0.25, 0.3) is 0 Å². The van der Waals surface area contributed by atoms with Gasteiger partial charge in [-0.1, -0.05) is 13.8 Å². The maximum Gasteiger partial charge on any atom is 0.133 e. The molecule has 16 heavy (non-hydrogen) atoms. The molecule has 1 unspecified atom stereocenters. The minimum atomic E-state index is 0.221. The van der Waals surface area contributed by atoms with Crippen molar-refractivity contribution in [3.8, 4) is 0 Å². The number of thioether (sulfide) groups is 1. The van der Waals surface area contributed by atoms with E-state index in [-0.39, 0.29) is 6.61 Å². The highest BCUT2D eigenvalue weighted by Gasteiger charge is 2.10. The summed E-state index contributed by atoms with van der Waals surface area (Å²) in [6, 6.07) is 0. The Labute approximate surface area is 101 Å². The van der Waals surface area contributed by atoms with Crippen LogP contribution in [0.4, 0.5) is 5.82 Å². The van der Waals surface area contributed by atoms with Gasteiger partial charge in [-0.05, 0) is 12.3 Å². The van der Waals surface area contributed by atoms with Crippen LogP contribution in [-0.4, -0.2) is 34.5 Å². The van der Waals surface area contributed by atoms with E-state index in [1.165, 1.54) is 0 Å². The van der Waals surface area contributed by atoms with E-state index in [2.05, 4.69) is 22.2 Å². The van der Waals surface area contributed by atoms with Crippen molar-refractivity contribution in [2.45, 2.75) is 25.3 Å². The van der Waals surface area contributed by atoms with E-state index < -0.39 is 0 Å². The number of anilines is 1. The Morgan fingerprint density at radius 1 is 1.50 bits per heavy atom. The van der Waals surface area contributed by atoms with E-state index in [4.69, 9.17) is 5.11 Å². The highest BCUT2D eigenvalue weighted by atomic mass is 32.2. The smallest absolute Gasteiger partial charge is 0.133 e. The molecule has 2 N–H and O–H groups in total. The minimum absolute atomic E-state index is 0.221. The van der Waals surface area contributed by atoms with E-state index in [9.17, 15) is 0 Å². The summed E-state index contributed by atoms with van der Waals surface area (Å²) >= 11 is 1.68. The fraction of sp³-hybridized carbons (Fsp3) is 0.636. The van der Waals surface area contributed by atoms with Crippen molar-refractivity contribution >= 4 is 17.6 Å². The van der Waals surface area contributed by atoms with E-state index in [1.807, 2.05) is 14.0 Å². The average molecular weight is 241 g/mol. The summed E-state index contributed by atoms with van der Waals surface area (Å²) in [4.78, 5) is 8.49. The van der Waals surface area contributed by atoms with Crippen LogP contribution in [0, 0.1) is 5.92 Å². The second-order valence-corrected chi connectivity index (χ2v) is 4.72. The van der Waals surface area contributed by atoms with Gasteiger partial charge in [-0.3, -0.25) is 0 Å². The number of nitrogens with zero attached hydrogens (tertiary/aromatic N) is 2. The Morgan fingerprint density at radius 2 is 2.25 bits per heavy atom. The number of hydrogen-bond donors (Lipinski definition) is 2. The van der Waals surface area contributed by atoms with Gasteiger partial charge in [0.05, 0.1) is 0 Å². The van der Waals surface area contributed by atoms with Gasteiger partial charge < -0.3 is 10.4 Å². The third-order valence-electron chi connectivity index (χ3n) is 2.31. The Kier molecular flexibility index (Phi) is 5.55. The molecule has 1 rings (SSSR count). The Morgan fingerprint density at radius 3 is 2.81 bits per heavy atom. The summed E-state index contributed by atoms with van der Waals surface area (Å²) in [7, 11) is 1.87. The first-order valence-corrected chi connectivity index (χ1v) is 6.46. The molecule has 0 amide bonds. The molecule has 1 aromatic rings. The molecular weight excluding hydrogens is 222 g/mol. The predicted octanol–water partition coefficient (Wildman–Crippen LogP) is 1.80. The molecule has 0 saturated heterocycles. The van der Waals surface area contributed by atoms with Gasteiger partial charge in [0, 0.05) is 25.0 Å². The molecule has 0 aliphatic rings. The van der Waals surface area contributed by atoms with Crippen molar-refractivity contribution in [2.24, 2.45) is 5.92 Å². The lowest BCUT2D eigenvalue weighted by molar-refractivity contribution is 0.250. The zero-order valence-electron chi connectivity index (χ0n) is 10.0. The van der Waals surface area contributed by atoms with Crippen LogP contribution in [0.1, 0.15) is 19.4 Å². The van der Waals surface area contributed by atoms with E-state index in [0.717, 1.165) is 28.6 Å². The highest BCUT2D eigenvalue weighted by molar-refractivity contribution is 7.99. The molecular formula is C11H19N3OS. The van der Waals surface area contributed by atoms with Crippen LogP contribution >= 0.6 is 11.8 Å². The number of rotatable bonds is 6. The number of hydrogen-bond acceptors (Lipinski definition) is 5. The average Bonchev–Trinajstić information content (AvgIpc) is 2.34. The van der Waals surface area contributed by atoms with Crippen LogP contribution < -0.4 is 5.32 Å². The number of aromatic nitrogens is 2. The van der Waals surface area contributed by atoms with Crippen LogP contribution in [0.2, 0.25) is 0 Å². The zero-order chi connectivity index (χ0) is 12.0. The minimum Gasteiger partial charge on any atom is -0.396 e. The normalized spacial score (nSPS) is 12.5. The molecule has 0 saturated carbocycles. The summed E-state index contributed by atoms with van der Waals surface area (Å²) in [5, 5.41) is 13.1. The van der Waals surface area contributed by atoms with Gasteiger partial charge in [-0.2, -0.15) is 0 Å².